The molecule has 0 unspecified atom stereocenters. The minimum absolute atomic E-state index is 0.126. The summed E-state index contributed by atoms with van der Waals surface area (Å²) in [5.74, 6) is 3.07. The number of hydroxylamine groups is 2. The Morgan fingerprint density at radius 1 is 1.16 bits per heavy atom. The van der Waals surface area contributed by atoms with Crippen molar-refractivity contribution in [2.75, 3.05) is 13.2 Å². The molecular weight excluding hydrogens is 386 g/mol. The number of allylic oxidation sites excluding steroid dienone is 2. The first-order chi connectivity index (χ1) is 14.8. The van der Waals surface area contributed by atoms with Gasteiger partial charge in [-0.3, -0.25) is 0 Å². The Bertz CT molecular complexity index is 760. The second-order valence-corrected chi connectivity index (χ2v) is 12.0. The fourth-order valence-electron chi connectivity index (χ4n) is 8.29. The molecule has 0 bridgehead atoms. The van der Waals surface area contributed by atoms with Crippen LogP contribution in [0.3, 0.4) is 0 Å². The number of rotatable bonds is 0. The highest BCUT2D eigenvalue weighted by Gasteiger charge is 2.53. The molecule has 0 spiro atoms. The average molecular weight is 430 g/mol. The van der Waals surface area contributed by atoms with E-state index in [-0.39, 0.29) is 23.7 Å². The summed E-state index contributed by atoms with van der Waals surface area (Å²) in [7, 11) is 0. The number of fused-ring (bicyclic) bond motifs is 6. The van der Waals surface area contributed by atoms with Gasteiger partial charge in [0.05, 0.1) is 24.9 Å². The molecule has 2 heterocycles. The van der Waals surface area contributed by atoms with Crippen LogP contribution in [0.1, 0.15) is 79.1 Å². The van der Waals surface area contributed by atoms with Crippen molar-refractivity contribution in [3.05, 3.63) is 22.8 Å². The molecule has 4 nitrogen and oxygen atoms in total. The molecule has 0 aromatic rings. The van der Waals surface area contributed by atoms with E-state index in [2.05, 4.69) is 33.8 Å². The van der Waals surface area contributed by atoms with Gasteiger partial charge < -0.3 is 15.1 Å². The summed E-state index contributed by atoms with van der Waals surface area (Å²) < 4.78 is 6.55. The zero-order valence-electron chi connectivity index (χ0n) is 20.0. The first-order valence-corrected chi connectivity index (χ1v) is 12.9. The average Bonchev–Trinajstić information content (AvgIpc) is 3.10. The summed E-state index contributed by atoms with van der Waals surface area (Å²) in [6.45, 7) is 10.8. The third kappa shape index (κ3) is 3.76. The van der Waals surface area contributed by atoms with Crippen LogP contribution in [0.25, 0.3) is 0 Å². The van der Waals surface area contributed by atoms with E-state index in [9.17, 15) is 10.3 Å². The first kappa shape index (κ1) is 22.1. The first-order valence-electron chi connectivity index (χ1n) is 12.9. The van der Waals surface area contributed by atoms with Crippen molar-refractivity contribution in [3.8, 4) is 0 Å². The fourth-order valence-corrected chi connectivity index (χ4v) is 8.29. The summed E-state index contributed by atoms with van der Waals surface area (Å²) >= 11 is 0. The third-order valence-corrected chi connectivity index (χ3v) is 10.0. The van der Waals surface area contributed by atoms with Gasteiger partial charge in [0, 0.05) is 6.54 Å². The number of hydrogen-bond acceptors (Lipinski definition) is 4. The van der Waals surface area contributed by atoms with E-state index in [1.165, 1.54) is 36.8 Å². The van der Waals surface area contributed by atoms with Crippen molar-refractivity contribution < 1.29 is 15.1 Å². The van der Waals surface area contributed by atoms with Gasteiger partial charge in [0.1, 0.15) is 0 Å². The van der Waals surface area contributed by atoms with E-state index >= 15 is 0 Å². The molecule has 5 rings (SSSR count). The highest BCUT2D eigenvalue weighted by Crippen LogP contribution is 2.62. The maximum atomic E-state index is 10.8. The Morgan fingerprint density at radius 3 is 2.77 bits per heavy atom. The van der Waals surface area contributed by atoms with Crippen molar-refractivity contribution in [3.63, 3.8) is 0 Å². The minimum atomic E-state index is -0.232. The molecule has 174 valence electrons. The lowest BCUT2D eigenvalue weighted by molar-refractivity contribution is -0.209. The molecule has 0 amide bonds. The second kappa shape index (κ2) is 8.27. The van der Waals surface area contributed by atoms with Gasteiger partial charge in [0.2, 0.25) is 0 Å². The molecular formula is C27H43NO3. The highest BCUT2D eigenvalue weighted by atomic mass is 16.5. The van der Waals surface area contributed by atoms with Gasteiger partial charge in [-0.05, 0) is 98.9 Å². The lowest BCUT2D eigenvalue weighted by atomic mass is 9.56. The molecule has 1 saturated heterocycles. The van der Waals surface area contributed by atoms with Crippen LogP contribution in [0.2, 0.25) is 0 Å². The molecule has 2 saturated carbocycles. The molecule has 5 aliphatic rings. The maximum absolute atomic E-state index is 10.8. The SMILES string of the molecule is C/C1=C2\C[C@H]3[C@@H](CCC4=C[C@@H](O)CC[C@@]43C)[C@@H]2CC[C@H](C)[C@H]2[C@@H](C[C@H](C)CN2O)OC1. The molecule has 4 heteroatoms. The van der Waals surface area contributed by atoms with Gasteiger partial charge in [-0.25, -0.2) is 0 Å². The lowest BCUT2D eigenvalue weighted by Gasteiger charge is -2.49. The van der Waals surface area contributed by atoms with E-state index in [1.807, 2.05) is 0 Å². The van der Waals surface area contributed by atoms with Gasteiger partial charge in [-0.2, -0.15) is 5.06 Å². The van der Waals surface area contributed by atoms with Gasteiger partial charge in [-0.15, -0.1) is 0 Å². The quantitative estimate of drug-likeness (QED) is 0.510. The van der Waals surface area contributed by atoms with Crippen LogP contribution < -0.4 is 0 Å². The highest BCUT2D eigenvalue weighted by molar-refractivity contribution is 5.31. The zero-order valence-corrected chi connectivity index (χ0v) is 20.0. The van der Waals surface area contributed by atoms with Crippen LogP contribution in [0, 0.1) is 35.0 Å². The van der Waals surface area contributed by atoms with Crippen LogP contribution >= 0.6 is 0 Å². The van der Waals surface area contributed by atoms with Crippen molar-refractivity contribution >= 4 is 0 Å². The Balaban J connectivity index is 1.44. The maximum Gasteiger partial charge on any atom is 0.0763 e. The molecule has 0 aromatic carbocycles. The number of aliphatic hydroxyl groups is 1. The van der Waals surface area contributed by atoms with E-state index in [4.69, 9.17) is 4.74 Å². The molecule has 0 radical (unpaired) electrons. The van der Waals surface area contributed by atoms with Gasteiger partial charge in [-0.1, -0.05) is 38.0 Å². The fraction of sp³-hybridized carbons (Fsp3) is 0.852. The predicted molar refractivity (Wildman–Crippen MR) is 123 cm³/mol. The van der Waals surface area contributed by atoms with Crippen molar-refractivity contribution in [1.29, 1.82) is 0 Å². The standard InChI is InChI=1S/C27H43NO3/c1-16-11-25-26(28(30)14-16)17(2)5-7-21-22-8-6-19-12-20(29)9-10-27(19,4)24(22)13-23(21)18(3)15-31-25/h12,16-17,20-22,24-26,29-30H,5-11,13-15H2,1-4H3/b23-18-/t16-,17-,20-,21-,22-,24-,25+,26-,27-/m0/s1. The Labute approximate surface area is 188 Å². The summed E-state index contributed by atoms with van der Waals surface area (Å²) in [4.78, 5) is 0. The monoisotopic (exact) mass is 429 g/mol. The summed E-state index contributed by atoms with van der Waals surface area (Å²) in [5.41, 5.74) is 4.95. The molecule has 2 aliphatic heterocycles. The number of aliphatic hydroxyl groups excluding tert-OH is 1. The van der Waals surface area contributed by atoms with Crippen LogP contribution in [0.4, 0.5) is 0 Å². The molecule has 2 N–H and O–H groups in total. The number of piperidine rings is 1. The largest absolute Gasteiger partial charge is 0.389 e. The van der Waals surface area contributed by atoms with Crippen molar-refractivity contribution in [2.45, 2.75) is 97.3 Å². The van der Waals surface area contributed by atoms with Crippen molar-refractivity contribution in [2.24, 2.45) is 35.0 Å². The predicted octanol–water partition coefficient (Wildman–Crippen LogP) is 5.35. The molecule has 0 aromatic heterocycles. The minimum Gasteiger partial charge on any atom is -0.389 e. The van der Waals surface area contributed by atoms with E-state index in [1.54, 1.807) is 10.6 Å². The topological polar surface area (TPSA) is 52.9 Å². The third-order valence-electron chi connectivity index (χ3n) is 10.0. The number of nitrogens with zero attached hydrogens (tertiary/aromatic N) is 1. The molecule has 3 fully saturated rings. The van der Waals surface area contributed by atoms with Crippen LogP contribution in [0.15, 0.2) is 22.8 Å². The normalized spacial score (nSPS) is 51.2. The van der Waals surface area contributed by atoms with Crippen molar-refractivity contribution in [1.82, 2.24) is 5.06 Å². The Morgan fingerprint density at radius 2 is 1.97 bits per heavy atom. The number of ether oxygens (including phenoxy) is 1. The molecule has 9 atom stereocenters. The Hall–Kier alpha value is -0.680. The Kier molecular flexibility index (Phi) is 5.90. The smallest absolute Gasteiger partial charge is 0.0763 e. The summed E-state index contributed by atoms with van der Waals surface area (Å²) in [6, 6.07) is 0.126. The zero-order chi connectivity index (χ0) is 21.9. The van der Waals surface area contributed by atoms with E-state index in [0.29, 0.717) is 23.7 Å². The lowest BCUT2D eigenvalue weighted by Crippen LogP contribution is -2.53. The second-order valence-electron chi connectivity index (χ2n) is 12.0. The molecule has 3 aliphatic carbocycles. The van der Waals surface area contributed by atoms with Gasteiger partial charge in [0.15, 0.2) is 0 Å². The van der Waals surface area contributed by atoms with Gasteiger partial charge >= 0.3 is 0 Å². The van der Waals surface area contributed by atoms with Crippen LogP contribution in [-0.2, 0) is 4.74 Å². The van der Waals surface area contributed by atoms with Crippen LogP contribution in [0.5, 0.6) is 0 Å². The van der Waals surface area contributed by atoms with E-state index in [0.717, 1.165) is 44.8 Å². The van der Waals surface area contributed by atoms with Gasteiger partial charge in [0.25, 0.3) is 0 Å². The van der Waals surface area contributed by atoms with E-state index < -0.39 is 0 Å². The van der Waals surface area contributed by atoms with Crippen LogP contribution in [-0.4, -0.2) is 46.8 Å². The molecule has 31 heavy (non-hydrogen) atoms. The number of hydrogen-bond donors (Lipinski definition) is 2. The summed E-state index contributed by atoms with van der Waals surface area (Å²) in [5, 5.41) is 22.6. The summed E-state index contributed by atoms with van der Waals surface area (Å²) in [6.07, 6.45) is 11.3.